The van der Waals surface area contributed by atoms with Gasteiger partial charge in [0.1, 0.15) is 6.04 Å². The summed E-state index contributed by atoms with van der Waals surface area (Å²) in [5.74, 6) is 2.63. The minimum absolute atomic E-state index is 0.0463. The second-order valence-electron chi connectivity index (χ2n) is 9.95. The second kappa shape index (κ2) is 11.3. The van der Waals surface area contributed by atoms with Crippen molar-refractivity contribution < 1.29 is 29.3 Å². The predicted octanol–water partition coefficient (Wildman–Crippen LogP) is -0.290. The standard InChI is InChI=1S/C21H39N5O6/c1-20(2,3)19(28)32-8-4-7-31-17(27)16-10-15-9-13(5-6-14(15)12-24-16)11-21(29,30)18(22)25-26-23/h13-16,24,26,29-30H,4-12,23H2,1-3H3,(H2,22,25). The summed E-state index contributed by atoms with van der Waals surface area (Å²) < 4.78 is 10.5. The van der Waals surface area contributed by atoms with Gasteiger partial charge in [0.05, 0.1) is 18.6 Å². The van der Waals surface area contributed by atoms with E-state index in [1.165, 1.54) is 0 Å². The van der Waals surface area contributed by atoms with Crippen LogP contribution < -0.4 is 22.4 Å². The minimum atomic E-state index is -2.23. The number of nitrogens with zero attached hydrogens (tertiary/aromatic N) is 1. The lowest BCUT2D eigenvalue weighted by Gasteiger charge is -2.43. The van der Waals surface area contributed by atoms with E-state index in [0.29, 0.717) is 18.8 Å². The second-order valence-corrected chi connectivity index (χ2v) is 9.95. The van der Waals surface area contributed by atoms with Gasteiger partial charge in [-0.2, -0.15) is 0 Å². The van der Waals surface area contributed by atoms with Crippen molar-refractivity contribution in [2.45, 2.75) is 71.1 Å². The SMILES string of the molecule is CC(C)(C)C(=O)OCCCOC(=O)C1CC2CC(CC(O)(O)/C(N)=N/NN)CCC2CN1. The molecule has 0 radical (unpaired) electrons. The molecule has 0 aromatic rings. The van der Waals surface area contributed by atoms with Crippen molar-refractivity contribution in [2.75, 3.05) is 19.8 Å². The molecule has 11 heteroatoms. The summed E-state index contributed by atoms with van der Waals surface area (Å²) in [6.45, 7) is 6.49. The zero-order chi connectivity index (χ0) is 23.9. The van der Waals surface area contributed by atoms with Crippen LogP contribution in [-0.2, 0) is 19.1 Å². The number of fused-ring (bicyclic) bond motifs is 1. The molecule has 1 aliphatic carbocycles. The van der Waals surface area contributed by atoms with Crippen LogP contribution in [0.25, 0.3) is 0 Å². The molecule has 0 bridgehead atoms. The van der Waals surface area contributed by atoms with Gasteiger partial charge in [-0.3, -0.25) is 9.59 Å². The number of nitrogens with one attached hydrogen (secondary N) is 2. The fraction of sp³-hybridized carbons (Fsp3) is 0.857. The molecule has 2 aliphatic rings. The number of ether oxygens (including phenoxy) is 2. The third-order valence-corrected chi connectivity index (χ3v) is 6.24. The average molecular weight is 458 g/mol. The Kier molecular flexibility index (Phi) is 9.26. The van der Waals surface area contributed by atoms with Crippen LogP contribution in [0.1, 0.15) is 59.3 Å². The topological polar surface area (TPSA) is 182 Å². The highest BCUT2D eigenvalue weighted by molar-refractivity contribution is 5.86. The lowest BCUT2D eigenvalue weighted by atomic mass is 9.68. The molecular weight excluding hydrogens is 418 g/mol. The van der Waals surface area contributed by atoms with E-state index in [1.807, 2.05) is 5.53 Å². The fourth-order valence-corrected chi connectivity index (χ4v) is 4.41. The van der Waals surface area contributed by atoms with Gasteiger partial charge in [-0.1, -0.05) is 0 Å². The van der Waals surface area contributed by atoms with E-state index < -0.39 is 17.2 Å². The zero-order valence-corrected chi connectivity index (χ0v) is 19.3. The average Bonchev–Trinajstić information content (AvgIpc) is 2.71. The number of hydrazone groups is 1. The Bertz CT molecular complexity index is 678. The number of amidine groups is 1. The van der Waals surface area contributed by atoms with Crippen LogP contribution >= 0.6 is 0 Å². The summed E-state index contributed by atoms with van der Waals surface area (Å²) in [7, 11) is 0. The van der Waals surface area contributed by atoms with Gasteiger partial charge in [0.2, 0.25) is 5.79 Å². The maximum Gasteiger partial charge on any atom is 0.323 e. The zero-order valence-electron chi connectivity index (χ0n) is 19.3. The van der Waals surface area contributed by atoms with Crippen LogP contribution in [0.15, 0.2) is 5.10 Å². The molecule has 0 amide bonds. The van der Waals surface area contributed by atoms with Crippen LogP contribution in [0.3, 0.4) is 0 Å². The molecule has 8 N–H and O–H groups in total. The molecule has 2 fully saturated rings. The molecule has 11 nitrogen and oxygen atoms in total. The van der Waals surface area contributed by atoms with Crippen LogP contribution in [0, 0.1) is 23.2 Å². The molecule has 184 valence electrons. The van der Waals surface area contributed by atoms with Crippen LogP contribution in [0.5, 0.6) is 0 Å². The van der Waals surface area contributed by atoms with Crippen LogP contribution in [-0.4, -0.2) is 59.6 Å². The molecule has 1 heterocycles. The minimum Gasteiger partial charge on any atom is -0.465 e. The van der Waals surface area contributed by atoms with E-state index in [1.54, 1.807) is 20.8 Å². The number of carbonyl (C=O) groups is 2. The summed E-state index contributed by atoms with van der Waals surface area (Å²) in [5.41, 5.74) is 7.00. The number of piperidine rings is 1. The summed E-state index contributed by atoms with van der Waals surface area (Å²) in [6, 6.07) is -0.395. The van der Waals surface area contributed by atoms with Crippen molar-refractivity contribution in [3.63, 3.8) is 0 Å². The normalized spacial score (nSPS) is 26.8. The number of nitrogens with two attached hydrogens (primary N) is 2. The van der Waals surface area contributed by atoms with Crippen molar-refractivity contribution in [2.24, 2.45) is 39.8 Å². The number of esters is 2. The quantitative estimate of drug-likeness (QED) is 0.0512. The number of hydrazine groups is 1. The highest BCUT2D eigenvalue weighted by Crippen LogP contribution is 2.41. The number of rotatable bonds is 9. The van der Waals surface area contributed by atoms with E-state index in [0.717, 1.165) is 25.8 Å². The Morgan fingerprint density at radius 2 is 1.81 bits per heavy atom. The third-order valence-electron chi connectivity index (χ3n) is 6.24. The van der Waals surface area contributed by atoms with E-state index in [2.05, 4.69) is 10.4 Å². The summed E-state index contributed by atoms with van der Waals surface area (Å²) >= 11 is 0. The lowest BCUT2D eigenvalue weighted by molar-refractivity contribution is -0.154. The van der Waals surface area contributed by atoms with Gasteiger partial charge in [-0.05, 0) is 70.8 Å². The Labute approximate surface area is 189 Å². The van der Waals surface area contributed by atoms with Crippen LogP contribution in [0.4, 0.5) is 0 Å². The molecule has 4 atom stereocenters. The van der Waals surface area contributed by atoms with Gasteiger partial charge in [0.25, 0.3) is 0 Å². The summed E-state index contributed by atoms with van der Waals surface area (Å²) in [5, 5.41) is 27.2. The first-order chi connectivity index (χ1) is 14.9. The van der Waals surface area contributed by atoms with E-state index >= 15 is 0 Å². The molecule has 1 aliphatic heterocycles. The molecule has 2 rings (SSSR count). The van der Waals surface area contributed by atoms with Crippen molar-refractivity contribution in [1.29, 1.82) is 0 Å². The molecule has 1 saturated carbocycles. The van der Waals surface area contributed by atoms with Gasteiger partial charge in [0.15, 0.2) is 5.84 Å². The predicted molar refractivity (Wildman–Crippen MR) is 117 cm³/mol. The van der Waals surface area contributed by atoms with E-state index in [4.69, 9.17) is 21.1 Å². The molecule has 0 aromatic carbocycles. The Hall–Kier alpha value is -1.95. The number of aliphatic hydroxyl groups is 2. The molecule has 4 unspecified atom stereocenters. The number of hydrogen-bond donors (Lipinski definition) is 6. The monoisotopic (exact) mass is 457 g/mol. The first-order valence-electron chi connectivity index (χ1n) is 11.2. The highest BCUT2D eigenvalue weighted by Gasteiger charge is 2.41. The molecule has 32 heavy (non-hydrogen) atoms. The largest absolute Gasteiger partial charge is 0.465 e. The maximum atomic E-state index is 12.5. The number of carbonyl (C=O) groups excluding carboxylic acids is 2. The molecular formula is C21H39N5O6. The lowest BCUT2D eigenvalue weighted by Crippen LogP contribution is -2.51. The highest BCUT2D eigenvalue weighted by atomic mass is 16.5. The molecule has 0 spiro atoms. The van der Waals surface area contributed by atoms with Crippen molar-refractivity contribution >= 4 is 17.8 Å². The summed E-state index contributed by atoms with van der Waals surface area (Å²) in [4.78, 5) is 24.2. The van der Waals surface area contributed by atoms with Crippen molar-refractivity contribution in [1.82, 2.24) is 10.9 Å². The van der Waals surface area contributed by atoms with Crippen molar-refractivity contribution in [3.05, 3.63) is 0 Å². The first-order valence-corrected chi connectivity index (χ1v) is 11.2. The van der Waals surface area contributed by atoms with Crippen molar-refractivity contribution in [3.8, 4) is 0 Å². The Morgan fingerprint density at radius 3 is 2.47 bits per heavy atom. The van der Waals surface area contributed by atoms with E-state index in [9.17, 15) is 19.8 Å². The smallest absolute Gasteiger partial charge is 0.323 e. The van der Waals surface area contributed by atoms with Gasteiger partial charge in [-0.15, -0.1) is 5.10 Å². The van der Waals surface area contributed by atoms with Crippen LogP contribution in [0.2, 0.25) is 0 Å². The summed E-state index contributed by atoms with van der Waals surface area (Å²) in [6.07, 6.45) is 3.69. The Morgan fingerprint density at radius 1 is 1.12 bits per heavy atom. The maximum absolute atomic E-state index is 12.5. The first kappa shape index (κ1) is 26.3. The fourth-order valence-electron chi connectivity index (χ4n) is 4.41. The molecule has 0 aromatic heterocycles. The van der Waals surface area contributed by atoms with E-state index in [-0.39, 0.29) is 49.2 Å². The van der Waals surface area contributed by atoms with Gasteiger partial charge in [-0.25, -0.2) is 11.4 Å². The molecule has 1 saturated heterocycles. The van der Waals surface area contributed by atoms with Gasteiger partial charge >= 0.3 is 11.9 Å². The third kappa shape index (κ3) is 7.58. The van der Waals surface area contributed by atoms with Gasteiger partial charge in [0, 0.05) is 12.8 Å². The Balaban J connectivity index is 1.76. The van der Waals surface area contributed by atoms with Gasteiger partial charge < -0.3 is 30.7 Å². The number of hydrogen-bond acceptors (Lipinski definition) is 10.